The summed E-state index contributed by atoms with van der Waals surface area (Å²) in [5, 5.41) is 1.16. The van der Waals surface area contributed by atoms with Crippen molar-refractivity contribution in [3.63, 3.8) is 0 Å². The zero-order valence-corrected chi connectivity index (χ0v) is 17.6. The van der Waals surface area contributed by atoms with Gasteiger partial charge in [-0.2, -0.15) is 0 Å². The molecule has 0 spiro atoms. The average molecular weight is 422 g/mol. The van der Waals surface area contributed by atoms with Crippen molar-refractivity contribution in [2.24, 2.45) is 0 Å². The number of anilines is 1. The molecule has 0 N–H and O–H groups in total. The first kappa shape index (κ1) is 20.3. The number of benzene rings is 1. The standard InChI is InChI=1S/C19H20ClN3O4S/c1-11-5-6-14-18(25)13-7-8-15(20)17(22(2)3)16(13)23(19(14)21-11)9-12(24)10-28(4,26)27/h5-8H,9-10H2,1-4H3. The average Bonchev–Trinajstić information content (AvgIpc) is 2.56. The van der Waals surface area contributed by atoms with Crippen LogP contribution >= 0.6 is 11.6 Å². The minimum Gasteiger partial charge on any atom is -0.375 e. The second-order valence-corrected chi connectivity index (χ2v) is 9.58. The Morgan fingerprint density at radius 2 is 1.82 bits per heavy atom. The lowest BCUT2D eigenvalue weighted by atomic mass is 10.1. The quantitative estimate of drug-likeness (QED) is 0.586. The number of carbonyl (C=O) groups is 1. The van der Waals surface area contributed by atoms with Crippen LogP contribution in [0.5, 0.6) is 0 Å². The molecule has 0 amide bonds. The highest BCUT2D eigenvalue weighted by molar-refractivity contribution is 7.91. The van der Waals surface area contributed by atoms with Crippen LogP contribution in [0.4, 0.5) is 5.69 Å². The number of hydrogen-bond donors (Lipinski definition) is 0. The molecular weight excluding hydrogens is 402 g/mol. The van der Waals surface area contributed by atoms with E-state index >= 15 is 0 Å². The van der Waals surface area contributed by atoms with Gasteiger partial charge in [0.15, 0.2) is 21.0 Å². The first-order valence-corrected chi connectivity index (χ1v) is 10.9. The van der Waals surface area contributed by atoms with Gasteiger partial charge in [0, 0.05) is 31.4 Å². The van der Waals surface area contributed by atoms with E-state index in [1.165, 1.54) is 0 Å². The molecule has 28 heavy (non-hydrogen) atoms. The Hall–Kier alpha value is -2.45. The molecule has 2 heterocycles. The van der Waals surface area contributed by atoms with E-state index in [4.69, 9.17) is 11.6 Å². The van der Waals surface area contributed by atoms with Gasteiger partial charge < -0.3 is 9.47 Å². The number of carbonyl (C=O) groups excluding carboxylic acids is 1. The first-order valence-electron chi connectivity index (χ1n) is 8.48. The SMILES string of the molecule is Cc1ccc2c(=O)c3ccc(Cl)c(N(C)C)c3n(CC(=O)CS(C)(=O)=O)c2n1. The van der Waals surface area contributed by atoms with Crippen molar-refractivity contribution in [1.82, 2.24) is 9.55 Å². The van der Waals surface area contributed by atoms with E-state index in [0.717, 1.165) is 6.26 Å². The van der Waals surface area contributed by atoms with Gasteiger partial charge in [0.05, 0.1) is 28.2 Å². The van der Waals surface area contributed by atoms with Crippen LogP contribution in [0.25, 0.3) is 21.9 Å². The Balaban J connectivity index is 2.47. The van der Waals surface area contributed by atoms with Gasteiger partial charge in [-0.05, 0) is 31.2 Å². The summed E-state index contributed by atoms with van der Waals surface area (Å²) in [7, 11) is 0.0764. The summed E-state index contributed by atoms with van der Waals surface area (Å²) >= 11 is 6.39. The summed E-state index contributed by atoms with van der Waals surface area (Å²) in [5.41, 5.74) is 1.79. The van der Waals surface area contributed by atoms with Crippen LogP contribution in [0, 0.1) is 6.92 Å². The maximum atomic E-state index is 13.1. The predicted octanol–water partition coefficient (Wildman–Crippen LogP) is 2.19. The summed E-state index contributed by atoms with van der Waals surface area (Å²) in [6.45, 7) is 1.54. The number of fused-ring (bicyclic) bond motifs is 2. The third kappa shape index (κ3) is 3.74. The fourth-order valence-corrected chi connectivity index (χ4v) is 4.28. The van der Waals surface area contributed by atoms with Crippen LogP contribution in [0.15, 0.2) is 29.1 Å². The minimum absolute atomic E-state index is 0.218. The summed E-state index contributed by atoms with van der Waals surface area (Å²) in [6.07, 6.45) is 1.01. The summed E-state index contributed by atoms with van der Waals surface area (Å²) in [6, 6.07) is 6.64. The topological polar surface area (TPSA) is 89.3 Å². The van der Waals surface area contributed by atoms with Gasteiger partial charge in [-0.25, -0.2) is 13.4 Å². The van der Waals surface area contributed by atoms with Crippen molar-refractivity contribution in [2.75, 3.05) is 31.0 Å². The fourth-order valence-electron chi connectivity index (χ4n) is 3.28. The minimum atomic E-state index is -3.48. The monoisotopic (exact) mass is 421 g/mol. The molecule has 7 nitrogen and oxygen atoms in total. The third-order valence-electron chi connectivity index (χ3n) is 4.34. The fraction of sp³-hybridized carbons (Fsp3) is 0.316. The number of aromatic nitrogens is 2. The molecule has 0 fully saturated rings. The Morgan fingerprint density at radius 3 is 2.43 bits per heavy atom. The van der Waals surface area contributed by atoms with Gasteiger partial charge in [0.1, 0.15) is 11.4 Å². The van der Waals surface area contributed by atoms with E-state index < -0.39 is 21.4 Å². The Kier molecular flexibility index (Phi) is 5.20. The van der Waals surface area contributed by atoms with Crippen molar-refractivity contribution >= 4 is 54.8 Å². The largest absolute Gasteiger partial charge is 0.375 e. The maximum Gasteiger partial charge on any atom is 0.198 e. The van der Waals surface area contributed by atoms with Crippen molar-refractivity contribution in [1.29, 1.82) is 0 Å². The number of hydrogen-bond acceptors (Lipinski definition) is 6. The van der Waals surface area contributed by atoms with E-state index in [2.05, 4.69) is 4.98 Å². The molecule has 2 aromatic heterocycles. The van der Waals surface area contributed by atoms with Gasteiger partial charge >= 0.3 is 0 Å². The number of pyridine rings is 2. The highest BCUT2D eigenvalue weighted by atomic mass is 35.5. The second-order valence-electron chi connectivity index (χ2n) is 7.03. The number of aryl methyl sites for hydroxylation is 1. The molecule has 0 aliphatic heterocycles. The van der Waals surface area contributed by atoms with Crippen LogP contribution in [-0.2, 0) is 21.2 Å². The van der Waals surface area contributed by atoms with Gasteiger partial charge in [0.2, 0.25) is 0 Å². The predicted molar refractivity (Wildman–Crippen MR) is 112 cm³/mol. The molecule has 9 heteroatoms. The van der Waals surface area contributed by atoms with Crippen LogP contribution in [0.3, 0.4) is 0 Å². The van der Waals surface area contributed by atoms with Gasteiger partial charge in [0.25, 0.3) is 0 Å². The lowest BCUT2D eigenvalue weighted by Gasteiger charge is -2.22. The smallest absolute Gasteiger partial charge is 0.198 e. The van der Waals surface area contributed by atoms with Crippen molar-refractivity contribution < 1.29 is 13.2 Å². The highest BCUT2D eigenvalue weighted by Gasteiger charge is 2.21. The van der Waals surface area contributed by atoms with Gasteiger partial charge in [-0.1, -0.05) is 11.6 Å². The lowest BCUT2D eigenvalue weighted by Crippen LogP contribution is -2.24. The molecule has 0 saturated carbocycles. The molecule has 148 valence electrons. The molecule has 0 aliphatic rings. The van der Waals surface area contributed by atoms with E-state index in [-0.39, 0.29) is 12.0 Å². The number of sulfone groups is 1. The van der Waals surface area contributed by atoms with Crippen LogP contribution in [0.2, 0.25) is 5.02 Å². The Morgan fingerprint density at radius 1 is 1.18 bits per heavy atom. The molecule has 0 unspecified atom stereocenters. The maximum absolute atomic E-state index is 13.1. The number of Topliss-reactive ketones (excluding diaryl/α,β-unsaturated/α-hetero) is 1. The van der Waals surface area contributed by atoms with Crippen molar-refractivity contribution in [3.8, 4) is 0 Å². The highest BCUT2D eigenvalue weighted by Crippen LogP contribution is 2.33. The summed E-state index contributed by atoms with van der Waals surface area (Å²) in [5.74, 6) is -1.09. The van der Waals surface area contributed by atoms with E-state index in [9.17, 15) is 18.0 Å². The third-order valence-corrected chi connectivity index (χ3v) is 5.49. The van der Waals surface area contributed by atoms with Crippen molar-refractivity contribution in [2.45, 2.75) is 13.5 Å². The number of halogens is 1. The van der Waals surface area contributed by atoms with Crippen molar-refractivity contribution in [3.05, 3.63) is 45.2 Å². The normalized spacial score (nSPS) is 11.9. The van der Waals surface area contributed by atoms with Crippen LogP contribution < -0.4 is 10.3 Å². The van der Waals surface area contributed by atoms with E-state index in [1.807, 2.05) is 0 Å². The van der Waals surface area contributed by atoms with E-state index in [1.54, 1.807) is 54.8 Å². The molecule has 0 aliphatic carbocycles. The Bertz CT molecular complexity index is 1280. The molecule has 0 atom stereocenters. The van der Waals surface area contributed by atoms with Gasteiger partial charge in [-0.3, -0.25) is 9.59 Å². The zero-order chi connectivity index (χ0) is 20.8. The molecule has 0 radical (unpaired) electrons. The van der Waals surface area contributed by atoms with Crippen LogP contribution in [0.1, 0.15) is 5.69 Å². The number of ketones is 1. The molecule has 0 bridgehead atoms. The molecule has 0 saturated heterocycles. The van der Waals surface area contributed by atoms with Gasteiger partial charge in [-0.15, -0.1) is 0 Å². The summed E-state index contributed by atoms with van der Waals surface area (Å²) in [4.78, 5) is 31.8. The molecule has 1 aromatic carbocycles. The number of rotatable bonds is 5. The Labute approximate surface area is 167 Å². The lowest BCUT2D eigenvalue weighted by molar-refractivity contribution is -0.117. The number of nitrogens with zero attached hydrogens (tertiary/aromatic N) is 3. The molecule has 3 rings (SSSR count). The first-order chi connectivity index (χ1) is 13.0. The molecule has 3 aromatic rings. The van der Waals surface area contributed by atoms with Crippen LogP contribution in [-0.4, -0.2) is 49.9 Å². The summed E-state index contributed by atoms with van der Waals surface area (Å²) < 4.78 is 24.7. The van der Waals surface area contributed by atoms with E-state index in [0.29, 0.717) is 38.3 Å². The molecular formula is C19H20ClN3O4S. The second kappa shape index (κ2) is 7.18. The zero-order valence-electron chi connectivity index (χ0n) is 16.0.